The molecule has 0 amide bonds. The van der Waals surface area contributed by atoms with Crippen LogP contribution in [-0.2, 0) is 6.54 Å². The second-order valence-electron chi connectivity index (χ2n) is 8.01. The highest BCUT2D eigenvalue weighted by atomic mass is 19.3. The van der Waals surface area contributed by atoms with Crippen LogP contribution in [0.4, 0.5) is 14.7 Å². The van der Waals surface area contributed by atoms with Gasteiger partial charge in [-0.25, -0.2) is 18.0 Å². The van der Waals surface area contributed by atoms with Gasteiger partial charge in [-0.05, 0) is 37.6 Å². The summed E-state index contributed by atoms with van der Waals surface area (Å²) in [6.45, 7) is 4.09. The Morgan fingerprint density at radius 2 is 2.09 bits per heavy atom. The van der Waals surface area contributed by atoms with Crippen LogP contribution >= 0.6 is 0 Å². The van der Waals surface area contributed by atoms with Gasteiger partial charge in [0.25, 0.3) is 0 Å². The van der Waals surface area contributed by atoms with E-state index in [1.807, 2.05) is 32.0 Å². The summed E-state index contributed by atoms with van der Waals surface area (Å²) in [5, 5.41) is 24.8. The zero-order chi connectivity index (χ0) is 22.9. The van der Waals surface area contributed by atoms with Crippen molar-refractivity contribution >= 4 is 22.5 Å². The standard InChI is InChI=1S/C21H22F2N8O/c1-21(2,11-24)12-25-20-26-19(32-3)18-14(6-8-31(18)28-20)13-4-5-15-16(10-13)30(29-27-15)9-7-17(22)23/h4-6,8,10,17H,7,9,12H2,1-3H3,(H,25,28). The third-order valence-electron chi connectivity index (χ3n) is 5.05. The van der Waals surface area contributed by atoms with Crippen LogP contribution in [0.2, 0.25) is 0 Å². The van der Waals surface area contributed by atoms with Gasteiger partial charge in [0.2, 0.25) is 18.3 Å². The lowest BCUT2D eigenvalue weighted by Gasteiger charge is -2.16. The molecule has 32 heavy (non-hydrogen) atoms. The molecule has 3 heterocycles. The first kappa shape index (κ1) is 21.4. The van der Waals surface area contributed by atoms with Crippen molar-refractivity contribution in [1.82, 2.24) is 29.6 Å². The SMILES string of the molecule is COc1nc(NCC(C)(C)C#N)nn2ccc(-c3ccc4nnn(CCC(F)F)c4c3)c12. The average Bonchev–Trinajstić information content (AvgIpc) is 3.39. The van der Waals surface area contributed by atoms with Crippen molar-refractivity contribution in [3.63, 3.8) is 0 Å². The van der Waals surface area contributed by atoms with E-state index in [2.05, 4.69) is 31.8 Å². The Morgan fingerprint density at radius 1 is 1.28 bits per heavy atom. The lowest BCUT2D eigenvalue weighted by atomic mass is 9.96. The molecule has 0 aliphatic heterocycles. The Balaban J connectivity index is 1.72. The van der Waals surface area contributed by atoms with Crippen molar-refractivity contribution in [1.29, 1.82) is 5.26 Å². The second-order valence-corrected chi connectivity index (χ2v) is 8.01. The van der Waals surface area contributed by atoms with Crippen molar-refractivity contribution in [3.8, 4) is 23.1 Å². The summed E-state index contributed by atoms with van der Waals surface area (Å²) in [4.78, 5) is 4.45. The van der Waals surface area contributed by atoms with Crippen molar-refractivity contribution in [2.45, 2.75) is 33.2 Å². The number of aryl methyl sites for hydroxylation is 1. The number of anilines is 1. The predicted molar refractivity (Wildman–Crippen MR) is 115 cm³/mol. The van der Waals surface area contributed by atoms with E-state index in [0.29, 0.717) is 34.9 Å². The normalized spacial score (nSPS) is 11.9. The van der Waals surface area contributed by atoms with E-state index in [0.717, 1.165) is 11.1 Å². The molecule has 3 aromatic heterocycles. The van der Waals surface area contributed by atoms with E-state index in [4.69, 9.17) is 4.74 Å². The first-order valence-electron chi connectivity index (χ1n) is 10.0. The molecule has 0 saturated carbocycles. The molecule has 0 unspecified atom stereocenters. The number of alkyl halides is 2. The maximum atomic E-state index is 12.6. The van der Waals surface area contributed by atoms with Crippen LogP contribution in [0.3, 0.4) is 0 Å². The fourth-order valence-electron chi connectivity index (χ4n) is 3.30. The molecular weight excluding hydrogens is 418 g/mol. The van der Waals surface area contributed by atoms with Gasteiger partial charge >= 0.3 is 0 Å². The van der Waals surface area contributed by atoms with E-state index >= 15 is 0 Å². The number of rotatable bonds is 8. The summed E-state index contributed by atoms with van der Waals surface area (Å²) in [6, 6.07) is 9.64. The number of nitrogens with one attached hydrogen (secondary N) is 1. The van der Waals surface area contributed by atoms with Gasteiger partial charge in [0.1, 0.15) is 11.0 Å². The van der Waals surface area contributed by atoms with Crippen LogP contribution in [-0.4, -0.2) is 49.7 Å². The molecule has 11 heteroatoms. The summed E-state index contributed by atoms with van der Waals surface area (Å²) in [7, 11) is 1.52. The van der Waals surface area contributed by atoms with Gasteiger partial charge in [-0.15, -0.1) is 10.2 Å². The van der Waals surface area contributed by atoms with Crippen molar-refractivity contribution in [2.24, 2.45) is 5.41 Å². The molecule has 0 aliphatic rings. The number of nitriles is 1. The molecule has 0 fully saturated rings. The first-order chi connectivity index (χ1) is 15.3. The van der Waals surface area contributed by atoms with Gasteiger partial charge in [0.05, 0.1) is 24.1 Å². The van der Waals surface area contributed by atoms with E-state index in [9.17, 15) is 14.0 Å². The molecule has 9 nitrogen and oxygen atoms in total. The monoisotopic (exact) mass is 440 g/mol. The summed E-state index contributed by atoms with van der Waals surface area (Å²) < 4.78 is 33.9. The number of hydrogen-bond acceptors (Lipinski definition) is 7. The molecule has 0 bridgehead atoms. The third kappa shape index (κ3) is 4.16. The minimum absolute atomic E-state index is 0.0780. The Bertz CT molecular complexity index is 1300. The Morgan fingerprint density at radius 3 is 2.81 bits per heavy atom. The molecule has 4 aromatic rings. The van der Waals surface area contributed by atoms with Crippen LogP contribution in [0.1, 0.15) is 20.3 Å². The first-order valence-corrected chi connectivity index (χ1v) is 10.0. The maximum absolute atomic E-state index is 12.6. The van der Waals surface area contributed by atoms with Crippen LogP contribution < -0.4 is 10.1 Å². The van der Waals surface area contributed by atoms with E-state index < -0.39 is 11.8 Å². The summed E-state index contributed by atoms with van der Waals surface area (Å²) in [5.74, 6) is 0.700. The quantitative estimate of drug-likeness (QED) is 0.445. The maximum Gasteiger partial charge on any atom is 0.244 e. The molecule has 4 rings (SSSR count). The number of nitrogens with zero attached hydrogens (tertiary/aromatic N) is 7. The van der Waals surface area contributed by atoms with Crippen LogP contribution in [0.15, 0.2) is 30.5 Å². The number of methoxy groups -OCH3 is 1. The average molecular weight is 440 g/mol. The number of hydrogen-bond donors (Lipinski definition) is 1. The highest BCUT2D eigenvalue weighted by molar-refractivity contribution is 5.89. The number of ether oxygens (including phenoxy) is 1. The molecule has 1 N–H and O–H groups in total. The largest absolute Gasteiger partial charge is 0.479 e. The molecule has 0 radical (unpaired) electrons. The number of aromatic nitrogens is 6. The molecule has 1 aromatic carbocycles. The van der Waals surface area contributed by atoms with Crippen LogP contribution in [0.25, 0.3) is 27.7 Å². The zero-order valence-corrected chi connectivity index (χ0v) is 17.9. The third-order valence-corrected chi connectivity index (χ3v) is 5.05. The fourth-order valence-corrected chi connectivity index (χ4v) is 3.30. The van der Waals surface area contributed by atoms with Crippen molar-refractivity contribution in [2.75, 3.05) is 19.0 Å². The lowest BCUT2D eigenvalue weighted by molar-refractivity contribution is 0.130. The highest BCUT2D eigenvalue weighted by Gasteiger charge is 2.19. The predicted octanol–water partition coefficient (Wildman–Crippen LogP) is 3.77. The van der Waals surface area contributed by atoms with Gasteiger partial charge < -0.3 is 10.1 Å². The summed E-state index contributed by atoms with van der Waals surface area (Å²) in [5.41, 5.74) is 3.01. The Kier molecular flexibility index (Phi) is 5.61. The summed E-state index contributed by atoms with van der Waals surface area (Å²) in [6.07, 6.45) is -0.917. The Labute approximate surface area is 182 Å². The molecular formula is C21H22F2N8O. The molecule has 166 valence electrons. The number of halogens is 2. The van der Waals surface area contributed by atoms with Crippen LogP contribution in [0, 0.1) is 16.7 Å². The highest BCUT2D eigenvalue weighted by Crippen LogP contribution is 2.33. The zero-order valence-electron chi connectivity index (χ0n) is 17.9. The molecule has 0 atom stereocenters. The van der Waals surface area contributed by atoms with Gasteiger partial charge in [-0.1, -0.05) is 11.3 Å². The molecule has 0 spiro atoms. The van der Waals surface area contributed by atoms with Crippen molar-refractivity contribution in [3.05, 3.63) is 30.5 Å². The second kappa shape index (κ2) is 8.37. The van der Waals surface area contributed by atoms with Gasteiger partial charge in [-0.2, -0.15) is 10.2 Å². The minimum atomic E-state index is -2.41. The lowest BCUT2D eigenvalue weighted by Crippen LogP contribution is -2.22. The van der Waals surface area contributed by atoms with Gasteiger partial charge in [0, 0.05) is 31.3 Å². The smallest absolute Gasteiger partial charge is 0.244 e. The van der Waals surface area contributed by atoms with E-state index in [-0.39, 0.29) is 13.0 Å². The summed E-state index contributed by atoms with van der Waals surface area (Å²) >= 11 is 0. The van der Waals surface area contributed by atoms with Crippen LogP contribution in [0.5, 0.6) is 5.88 Å². The number of benzene rings is 1. The fraction of sp³-hybridized carbons (Fsp3) is 0.381. The van der Waals surface area contributed by atoms with E-state index in [1.54, 1.807) is 16.8 Å². The minimum Gasteiger partial charge on any atom is -0.479 e. The topological polar surface area (TPSA) is 106 Å². The molecule has 0 saturated heterocycles. The van der Waals surface area contributed by atoms with Gasteiger partial charge in [0.15, 0.2) is 0 Å². The number of fused-ring (bicyclic) bond motifs is 2. The van der Waals surface area contributed by atoms with Gasteiger partial charge in [-0.3, -0.25) is 0 Å². The van der Waals surface area contributed by atoms with Crippen molar-refractivity contribution < 1.29 is 13.5 Å². The van der Waals surface area contributed by atoms with E-state index in [1.165, 1.54) is 11.8 Å². The molecule has 0 aliphatic carbocycles. The Hall–Kier alpha value is -3.81.